The highest BCUT2D eigenvalue weighted by molar-refractivity contribution is 5.72. The molecule has 5 heteroatoms. The molecule has 0 saturated heterocycles. The maximum absolute atomic E-state index is 12.3. The highest BCUT2D eigenvalue weighted by Gasteiger charge is 2.09. The van der Waals surface area contributed by atoms with Gasteiger partial charge in [0.05, 0.1) is 5.39 Å². The molecule has 0 spiro atoms. The predicted octanol–water partition coefficient (Wildman–Crippen LogP) is 7.79. The van der Waals surface area contributed by atoms with E-state index in [1.807, 2.05) is 12.3 Å². The van der Waals surface area contributed by atoms with Crippen molar-refractivity contribution in [3.63, 3.8) is 0 Å². The fourth-order valence-corrected chi connectivity index (χ4v) is 4.16. The summed E-state index contributed by atoms with van der Waals surface area (Å²) in [5.74, 6) is 0.745. The maximum atomic E-state index is 12.3. The van der Waals surface area contributed by atoms with Gasteiger partial charge >= 0.3 is 5.69 Å². The number of furan rings is 1. The monoisotopic (exact) mass is 446 g/mol. The molecule has 0 atom stereocenters. The van der Waals surface area contributed by atoms with Crippen LogP contribution in [0.15, 0.2) is 21.5 Å². The summed E-state index contributed by atoms with van der Waals surface area (Å²) in [6, 6.07) is 1.96. The molecule has 32 heavy (non-hydrogen) atoms. The van der Waals surface area contributed by atoms with Gasteiger partial charge in [0.1, 0.15) is 12.4 Å². The van der Waals surface area contributed by atoms with Crippen molar-refractivity contribution in [1.82, 2.24) is 9.55 Å². The van der Waals surface area contributed by atoms with Gasteiger partial charge in [-0.05, 0) is 18.9 Å². The molecule has 182 valence electrons. The van der Waals surface area contributed by atoms with Crippen molar-refractivity contribution in [2.45, 2.75) is 130 Å². The summed E-state index contributed by atoms with van der Waals surface area (Å²) in [5, 5.41) is 0.884. The number of aryl methyl sites for hydroxylation is 1. The molecule has 0 saturated carbocycles. The van der Waals surface area contributed by atoms with Crippen molar-refractivity contribution in [3.05, 3.63) is 28.5 Å². The Balaban J connectivity index is 1.63. The standard InChI is InChI=1S/C27H46N2O3/c1-3-5-7-9-11-12-13-14-15-17-19-29-22-24-21-25(32-26(24)28-27(29)30)23-31-20-18-16-10-8-6-4-2/h21-22H,3-20,23H2,1-2H3. The van der Waals surface area contributed by atoms with Crippen LogP contribution in [0, 0.1) is 0 Å². The molecule has 2 aromatic heterocycles. The van der Waals surface area contributed by atoms with Crippen LogP contribution < -0.4 is 5.69 Å². The molecule has 0 amide bonds. The van der Waals surface area contributed by atoms with Gasteiger partial charge in [-0.3, -0.25) is 4.57 Å². The molecular formula is C27H46N2O3. The number of aromatic nitrogens is 2. The van der Waals surface area contributed by atoms with Gasteiger partial charge in [0.25, 0.3) is 0 Å². The summed E-state index contributed by atoms with van der Waals surface area (Å²) in [4.78, 5) is 16.4. The Morgan fingerprint density at radius 1 is 0.812 bits per heavy atom. The van der Waals surface area contributed by atoms with Crippen LogP contribution in [-0.4, -0.2) is 16.2 Å². The van der Waals surface area contributed by atoms with Gasteiger partial charge in [-0.15, -0.1) is 0 Å². The van der Waals surface area contributed by atoms with Crippen molar-refractivity contribution >= 4 is 11.1 Å². The molecule has 0 N–H and O–H groups in total. The largest absolute Gasteiger partial charge is 0.440 e. The third-order valence-corrected chi connectivity index (χ3v) is 6.17. The lowest BCUT2D eigenvalue weighted by Gasteiger charge is -2.05. The fourth-order valence-electron chi connectivity index (χ4n) is 4.16. The van der Waals surface area contributed by atoms with Gasteiger partial charge in [-0.25, -0.2) is 4.79 Å². The van der Waals surface area contributed by atoms with E-state index in [0.717, 1.165) is 37.1 Å². The molecule has 0 aliphatic carbocycles. The van der Waals surface area contributed by atoms with Crippen LogP contribution in [0.3, 0.4) is 0 Å². The third-order valence-electron chi connectivity index (χ3n) is 6.17. The Morgan fingerprint density at radius 2 is 1.38 bits per heavy atom. The zero-order valence-electron chi connectivity index (χ0n) is 20.7. The Hall–Kier alpha value is -1.62. The first-order valence-electron chi connectivity index (χ1n) is 13.3. The molecule has 0 unspecified atom stereocenters. The molecule has 0 aliphatic heterocycles. The van der Waals surface area contributed by atoms with Crippen LogP contribution >= 0.6 is 0 Å². The Kier molecular flexibility index (Phi) is 14.1. The van der Waals surface area contributed by atoms with E-state index in [1.54, 1.807) is 4.57 Å². The van der Waals surface area contributed by atoms with Crippen molar-refractivity contribution in [2.24, 2.45) is 0 Å². The number of unbranched alkanes of at least 4 members (excludes halogenated alkanes) is 14. The van der Waals surface area contributed by atoms with Crippen molar-refractivity contribution in [2.75, 3.05) is 6.61 Å². The Labute approximate surface area is 194 Å². The zero-order chi connectivity index (χ0) is 22.9. The lowest BCUT2D eigenvalue weighted by Crippen LogP contribution is -2.22. The van der Waals surface area contributed by atoms with Crippen LogP contribution in [0.25, 0.3) is 11.1 Å². The average molecular weight is 447 g/mol. The minimum absolute atomic E-state index is 0.220. The summed E-state index contributed by atoms with van der Waals surface area (Å²) < 4.78 is 13.2. The number of rotatable bonds is 20. The highest BCUT2D eigenvalue weighted by Crippen LogP contribution is 2.17. The van der Waals surface area contributed by atoms with Crippen molar-refractivity contribution < 1.29 is 9.15 Å². The van der Waals surface area contributed by atoms with E-state index in [2.05, 4.69) is 18.8 Å². The average Bonchev–Trinajstić information content (AvgIpc) is 3.18. The van der Waals surface area contributed by atoms with Crippen molar-refractivity contribution in [3.8, 4) is 0 Å². The molecule has 2 rings (SSSR count). The first kappa shape index (κ1) is 26.6. The molecular weight excluding hydrogens is 400 g/mol. The smallest absolute Gasteiger partial charge is 0.350 e. The molecule has 0 aromatic carbocycles. The Bertz CT molecular complexity index is 781. The lowest BCUT2D eigenvalue weighted by atomic mass is 10.1. The molecule has 0 bridgehead atoms. The van der Waals surface area contributed by atoms with Gasteiger partial charge in [0.15, 0.2) is 0 Å². The van der Waals surface area contributed by atoms with E-state index < -0.39 is 0 Å². The summed E-state index contributed by atoms with van der Waals surface area (Å²) in [6.07, 6.45) is 22.3. The molecule has 0 radical (unpaired) electrons. The van der Waals surface area contributed by atoms with E-state index in [0.29, 0.717) is 12.3 Å². The second-order valence-electron chi connectivity index (χ2n) is 9.19. The molecule has 0 fully saturated rings. The number of ether oxygens (including phenoxy) is 1. The van der Waals surface area contributed by atoms with Crippen LogP contribution in [0.2, 0.25) is 0 Å². The second kappa shape index (κ2) is 16.9. The van der Waals surface area contributed by atoms with E-state index >= 15 is 0 Å². The van der Waals surface area contributed by atoms with Crippen molar-refractivity contribution in [1.29, 1.82) is 0 Å². The normalized spacial score (nSPS) is 11.6. The number of fused-ring (bicyclic) bond motifs is 1. The first-order chi connectivity index (χ1) is 15.7. The molecule has 2 heterocycles. The maximum Gasteiger partial charge on any atom is 0.350 e. The van der Waals surface area contributed by atoms with E-state index in [-0.39, 0.29) is 5.69 Å². The van der Waals surface area contributed by atoms with Gasteiger partial charge in [0, 0.05) is 19.3 Å². The SMILES string of the molecule is CCCCCCCCCCCCn1cc2cc(COCCCCCCCC)oc2nc1=O. The van der Waals surface area contributed by atoms with E-state index in [4.69, 9.17) is 9.15 Å². The number of nitrogens with zero attached hydrogens (tertiary/aromatic N) is 2. The number of hydrogen-bond donors (Lipinski definition) is 0. The minimum Gasteiger partial charge on any atom is -0.440 e. The molecule has 2 aromatic rings. The van der Waals surface area contributed by atoms with Crippen LogP contribution in [0.5, 0.6) is 0 Å². The molecule has 0 aliphatic rings. The number of hydrogen-bond acceptors (Lipinski definition) is 4. The van der Waals surface area contributed by atoms with E-state index in [1.165, 1.54) is 89.9 Å². The van der Waals surface area contributed by atoms with Gasteiger partial charge in [-0.2, -0.15) is 4.98 Å². The minimum atomic E-state index is -0.220. The summed E-state index contributed by atoms with van der Waals surface area (Å²) in [6.45, 7) is 6.42. The van der Waals surface area contributed by atoms with Crippen LogP contribution in [0.4, 0.5) is 0 Å². The van der Waals surface area contributed by atoms with Crippen LogP contribution in [0.1, 0.15) is 122 Å². The van der Waals surface area contributed by atoms with E-state index in [9.17, 15) is 4.79 Å². The topological polar surface area (TPSA) is 57.3 Å². The lowest BCUT2D eigenvalue weighted by molar-refractivity contribution is 0.103. The summed E-state index contributed by atoms with van der Waals surface area (Å²) in [7, 11) is 0. The predicted molar refractivity (Wildman–Crippen MR) is 133 cm³/mol. The first-order valence-corrected chi connectivity index (χ1v) is 13.3. The summed E-state index contributed by atoms with van der Waals surface area (Å²) >= 11 is 0. The second-order valence-corrected chi connectivity index (χ2v) is 9.19. The van der Waals surface area contributed by atoms with Gasteiger partial charge in [-0.1, -0.05) is 104 Å². The quantitative estimate of drug-likeness (QED) is 0.195. The third kappa shape index (κ3) is 10.8. The van der Waals surface area contributed by atoms with Gasteiger partial charge < -0.3 is 9.15 Å². The Morgan fingerprint density at radius 3 is 2.00 bits per heavy atom. The van der Waals surface area contributed by atoms with Crippen LogP contribution in [-0.2, 0) is 17.9 Å². The highest BCUT2D eigenvalue weighted by atomic mass is 16.5. The fraction of sp³-hybridized carbons (Fsp3) is 0.778. The van der Waals surface area contributed by atoms with Gasteiger partial charge in [0.2, 0.25) is 5.71 Å². The molecule has 5 nitrogen and oxygen atoms in total. The summed E-state index contributed by atoms with van der Waals surface area (Å²) in [5.41, 5.74) is 0.204. The zero-order valence-corrected chi connectivity index (χ0v) is 20.7.